The molecule has 1 aromatic heterocycles. The highest BCUT2D eigenvalue weighted by atomic mass is 16.6. The van der Waals surface area contributed by atoms with Crippen molar-refractivity contribution in [1.29, 1.82) is 0 Å². The summed E-state index contributed by atoms with van der Waals surface area (Å²) < 4.78 is 5.31. The van der Waals surface area contributed by atoms with E-state index in [0.717, 1.165) is 0 Å². The fourth-order valence-corrected chi connectivity index (χ4v) is 2.05. The first kappa shape index (κ1) is 16.2. The Bertz CT molecular complexity index is 593. The van der Waals surface area contributed by atoms with Crippen LogP contribution in [0.15, 0.2) is 6.20 Å². The fourth-order valence-electron chi connectivity index (χ4n) is 2.05. The second-order valence-corrected chi connectivity index (χ2v) is 6.61. The number of carbonyl (C=O) groups excluding carboxylic acids is 2. The Kier molecular flexibility index (Phi) is 4.35. The summed E-state index contributed by atoms with van der Waals surface area (Å²) in [6.45, 7) is 9.54. The Labute approximate surface area is 130 Å². The van der Waals surface area contributed by atoms with Crippen LogP contribution in [0.4, 0.5) is 10.7 Å². The zero-order valence-corrected chi connectivity index (χ0v) is 13.6. The molecule has 7 nitrogen and oxygen atoms in total. The molecule has 120 valence electrons. The number of amides is 1. The largest absolute Gasteiger partial charge is 0.444 e. The third-order valence-corrected chi connectivity index (χ3v) is 2.91. The molecule has 0 saturated carbocycles. The van der Waals surface area contributed by atoms with Crippen molar-refractivity contribution in [2.45, 2.75) is 52.8 Å². The summed E-state index contributed by atoms with van der Waals surface area (Å²) in [5.41, 5.74) is 0.408. The summed E-state index contributed by atoms with van der Waals surface area (Å²) in [5, 5.41) is 3.08. The molecule has 1 aliphatic rings. The van der Waals surface area contributed by atoms with Gasteiger partial charge in [-0.25, -0.2) is 14.8 Å². The zero-order chi connectivity index (χ0) is 16.5. The van der Waals surface area contributed by atoms with Crippen molar-refractivity contribution >= 4 is 17.8 Å². The minimum Gasteiger partial charge on any atom is -0.444 e. The van der Waals surface area contributed by atoms with E-state index >= 15 is 0 Å². The number of ether oxygens (including phenoxy) is 1. The van der Waals surface area contributed by atoms with E-state index in [4.69, 9.17) is 4.74 Å². The molecule has 1 N–H and O–H groups in total. The quantitative estimate of drug-likeness (QED) is 0.902. The summed E-state index contributed by atoms with van der Waals surface area (Å²) in [6, 6.07) is 0.180. The maximum atomic E-state index is 12.1. The highest BCUT2D eigenvalue weighted by Crippen LogP contribution is 2.20. The topological polar surface area (TPSA) is 84.4 Å². The Hall–Kier alpha value is -2.18. The van der Waals surface area contributed by atoms with Crippen molar-refractivity contribution < 1.29 is 14.3 Å². The van der Waals surface area contributed by atoms with Gasteiger partial charge in [-0.3, -0.25) is 9.69 Å². The van der Waals surface area contributed by atoms with E-state index in [9.17, 15) is 9.59 Å². The SMILES string of the molecule is CC(C)Nc1ncc2c(n1)CN(C(=O)OC(C)(C)C)CC2=O. The van der Waals surface area contributed by atoms with Gasteiger partial charge < -0.3 is 10.1 Å². The zero-order valence-electron chi connectivity index (χ0n) is 13.6. The van der Waals surface area contributed by atoms with Crippen molar-refractivity contribution in [2.24, 2.45) is 0 Å². The highest BCUT2D eigenvalue weighted by Gasteiger charge is 2.31. The lowest BCUT2D eigenvalue weighted by Gasteiger charge is -2.29. The lowest BCUT2D eigenvalue weighted by Crippen LogP contribution is -2.43. The molecule has 0 spiro atoms. The van der Waals surface area contributed by atoms with Gasteiger partial charge >= 0.3 is 6.09 Å². The van der Waals surface area contributed by atoms with E-state index < -0.39 is 11.7 Å². The first-order chi connectivity index (χ1) is 10.2. The van der Waals surface area contributed by atoms with Gasteiger partial charge in [-0.2, -0.15) is 0 Å². The first-order valence-electron chi connectivity index (χ1n) is 7.29. The predicted octanol–water partition coefficient (Wildman–Crippen LogP) is 2.23. The van der Waals surface area contributed by atoms with E-state index in [1.54, 1.807) is 20.8 Å². The van der Waals surface area contributed by atoms with Gasteiger partial charge in [0.15, 0.2) is 5.78 Å². The average molecular weight is 306 g/mol. The Morgan fingerprint density at radius 2 is 2.05 bits per heavy atom. The molecule has 1 aromatic rings. The van der Waals surface area contributed by atoms with E-state index in [0.29, 0.717) is 17.2 Å². The van der Waals surface area contributed by atoms with Crippen molar-refractivity contribution in [3.8, 4) is 0 Å². The maximum Gasteiger partial charge on any atom is 0.411 e. The molecular formula is C15H22N4O3. The number of anilines is 1. The average Bonchev–Trinajstić information content (AvgIpc) is 2.35. The molecule has 0 aliphatic carbocycles. The van der Waals surface area contributed by atoms with Gasteiger partial charge in [-0.15, -0.1) is 0 Å². The smallest absolute Gasteiger partial charge is 0.411 e. The van der Waals surface area contributed by atoms with Crippen LogP contribution in [0.25, 0.3) is 0 Å². The number of hydrogen-bond acceptors (Lipinski definition) is 6. The van der Waals surface area contributed by atoms with Crippen LogP contribution in [0.2, 0.25) is 0 Å². The first-order valence-corrected chi connectivity index (χ1v) is 7.29. The van der Waals surface area contributed by atoms with E-state index in [-0.39, 0.29) is 24.9 Å². The molecule has 1 amide bonds. The molecule has 0 radical (unpaired) electrons. The molecule has 0 unspecified atom stereocenters. The lowest BCUT2D eigenvalue weighted by molar-refractivity contribution is 0.0217. The molecule has 0 fully saturated rings. The van der Waals surface area contributed by atoms with Crippen LogP contribution in [0.1, 0.15) is 50.7 Å². The van der Waals surface area contributed by atoms with Gasteiger partial charge in [0.1, 0.15) is 5.60 Å². The second kappa shape index (κ2) is 5.90. The van der Waals surface area contributed by atoms with Crippen LogP contribution in [-0.4, -0.2) is 44.9 Å². The molecule has 1 aliphatic heterocycles. The number of hydrogen-bond donors (Lipinski definition) is 1. The van der Waals surface area contributed by atoms with Gasteiger partial charge in [-0.05, 0) is 34.6 Å². The molecule has 0 saturated heterocycles. The molecule has 0 atom stereocenters. The highest BCUT2D eigenvalue weighted by molar-refractivity contribution is 6.00. The summed E-state index contributed by atoms with van der Waals surface area (Å²) in [4.78, 5) is 34.1. The molecule has 2 rings (SSSR count). The number of aromatic nitrogens is 2. The van der Waals surface area contributed by atoms with E-state index in [2.05, 4.69) is 15.3 Å². The van der Waals surface area contributed by atoms with Gasteiger partial charge in [0.2, 0.25) is 5.95 Å². The van der Waals surface area contributed by atoms with Crippen molar-refractivity contribution in [3.63, 3.8) is 0 Å². The minimum atomic E-state index is -0.601. The second-order valence-electron chi connectivity index (χ2n) is 6.61. The fraction of sp³-hybridized carbons (Fsp3) is 0.600. The number of ketones is 1. The summed E-state index contributed by atoms with van der Waals surface area (Å²) in [6.07, 6.45) is 1.01. The van der Waals surface area contributed by atoms with Crippen LogP contribution in [0.5, 0.6) is 0 Å². The third-order valence-electron chi connectivity index (χ3n) is 2.91. The number of carbonyl (C=O) groups is 2. The number of nitrogens with one attached hydrogen (secondary N) is 1. The van der Waals surface area contributed by atoms with Crippen LogP contribution in [-0.2, 0) is 11.3 Å². The Morgan fingerprint density at radius 3 is 2.64 bits per heavy atom. The summed E-state index contributed by atoms with van der Waals surface area (Å²) >= 11 is 0. The minimum absolute atomic E-state index is 0.0117. The Morgan fingerprint density at radius 1 is 1.36 bits per heavy atom. The van der Waals surface area contributed by atoms with Gasteiger partial charge in [0.25, 0.3) is 0 Å². The molecule has 22 heavy (non-hydrogen) atoms. The predicted molar refractivity (Wildman–Crippen MR) is 81.8 cm³/mol. The number of fused-ring (bicyclic) bond motifs is 1. The third kappa shape index (κ3) is 3.93. The van der Waals surface area contributed by atoms with Crippen LogP contribution in [0, 0.1) is 0 Å². The van der Waals surface area contributed by atoms with Crippen molar-refractivity contribution in [2.75, 3.05) is 11.9 Å². The van der Waals surface area contributed by atoms with E-state index in [1.807, 2.05) is 13.8 Å². The molecule has 0 aromatic carbocycles. The molecular weight excluding hydrogens is 284 g/mol. The monoisotopic (exact) mass is 306 g/mol. The summed E-state index contributed by atoms with van der Waals surface area (Å²) in [5.74, 6) is 0.274. The number of Topliss-reactive ketones (excluding diaryl/α,β-unsaturated/α-hetero) is 1. The van der Waals surface area contributed by atoms with Crippen molar-refractivity contribution in [3.05, 3.63) is 17.5 Å². The molecule has 0 bridgehead atoms. The summed E-state index contributed by atoms with van der Waals surface area (Å²) in [7, 11) is 0. The molecule has 2 heterocycles. The van der Waals surface area contributed by atoms with Gasteiger partial charge in [0.05, 0.1) is 24.3 Å². The number of nitrogens with zero attached hydrogens (tertiary/aromatic N) is 3. The lowest BCUT2D eigenvalue weighted by atomic mass is 10.1. The normalized spacial score (nSPS) is 14.8. The van der Waals surface area contributed by atoms with Gasteiger partial charge in [-0.1, -0.05) is 0 Å². The maximum absolute atomic E-state index is 12.1. The van der Waals surface area contributed by atoms with Gasteiger partial charge in [0, 0.05) is 12.2 Å². The standard InChI is InChI=1S/C15H22N4O3/c1-9(2)17-13-16-6-10-11(18-13)7-19(8-12(10)20)14(21)22-15(3,4)5/h6,9H,7-8H2,1-5H3,(H,16,17,18). The van der Waals surface area contributed by atoms with Crippen LogP contribution >= 0.6 is 0 Å². The molecule has 7 heteroatoms. The van der Waals surface area contributed by atoms with Crippen LogP contribution in [0.3, 0.4) is 0 Å². The van der Waals surface area contributed by atoms with E-state index in [1.165, 1.54) is 11.1 Å². The van der Waals surface area contributed by atoms with Crippen LogP contribution < -0.4 is 5.32 Å². The van der Waals surface area contributed by atoms with Crippen molar-refractivity contribution in [1.82, 2.24) is 14.9 Å². The Balaban J connectivity index is 2.20. The number of rotatable bonds is 2.